The highest BCUT2D eigenvalue weighted by Crippen LogP contribution is 2.26. The van der Waals surface area contributed by atoms with Gasteiger partial charge in [0, 0.05) is 30.5 Å². The summed E-state index contributed by atoms with van der Waals surface area (Å²) in [7, 11) is 2.94. The lowest BCUT2D eigenvalue weighted by Crippen LogP contribution is -2.25. The highest BCUT2D eigenvalue weighted by Gasteiger charge is 2.16. The highest BCUT2D eigenvalue weighted by atomic mass is 32.2. The SMILES string of the molecule is CCn1c(SCC(=O)Nc2ccc(N(C)C(=O)OC)cc2)nnc1-c1ccccc1C. The van der Waals surface area contributed by atoms with Crippen molar-refractivity contribution < 1.29 is 14.3 Å². The Morgan fingerprint density at radius 2 is 1.84 bits per heavy atom. The summed E-state index contributed by atoms with van der Waals surface area (Å²) in [4.78, 5) is 25.4. The van der Waals surface area contributed by atoms with Crippen molar-refractivity contribution in [2.75, 3.05) is 30.1 Å². The fourth-order valence-electron chi connectivity index (χ4n) is 3.04. The average Bonchev–Trinajstić information content (AvgIpc) is 3.20. The van der Waals surface area contributed by atoms with Gasteiger partial charge < -0.3 is 14.6 Å². The summed E-state index contributed by atoms with van der Waals surface area (Å²) < 4.78 is 6.70. The molecule has 9 heteroatoms. The van der Waals surface area contributed by atoms with E-state index in [1.165, 1.54) is 23.8 Å². The molecule has 8 nitrogen and oxygen atoms in total. The fraction of sp³-hybridized carbons (Fsp3) is 0.273. The molecule has 0 aliphatic rings. The molecule has 0 unspecified atom stereocenters. The van der Waals surface area contributed by atoms with Crippen LogP contribution < -0.4 is 10.2 Å². The number of thioether (sulfide) groups is 1. The number of ether oxygens (including phenoxy) is 1. The van der Waals surface area contributed by atoms with Gasteiger partial charge >= 0.3 is 6.09 Å². The van der Waals surface area contributed by atoms with Gasteiger partial charge in [-0.3, -0.25) is 9.69 Å². The maximum absolute atomic E-state index is 12.4. The second-order valence-electron chi connectivity index (χ2n) is 6.78. The molecule has 1 N–H and O–H groups in total. The summed E-state index contributed by atoms with van der Waals surface area (Å²) >= 11 is 1.34. The lowest BCUT2D eigenvalue weighted by molar-refractivity contribution is -0.113. The van der Waals surface area contributed by atoms with Gasteiger partial charge in [-0.25, -0.2) is 4.79 Å². The number of carbonyl (C=O) groups excluding carboxylic acids is 2. The van der Waals surface area contributed by atoms with Crippen LogP contribution in [-0.4, -0.2) is 46.7 Å². The molecule has 1 aromatic heterocycles. The molecule has 3 rings (SSSR count). The quantitative estimate of drug-likeness (QED) is 0.555. The predicted octanol–water partition coefficient (Wildman–Crippen LogP) is 4.21. The van der Waals surface area contributed by atoms with Crippen LogP contribution in [0.3, 0.4) is 0 Å². The maximum atomic E-state index is 12.4. The largest absolute Gasteiger partial charge is 0.452 e. The number of rotatable bonds is 7. The van der Waals surface area contributed by atoms with E-state index < -0.39 is 6.09 Å². The number of benzene rings is 2. The average molecular weight is 440 g/mol. The van der Waals surface area contributed by atoms with Gasteiger partial charge in [-0.15, -0.1) is 10.2 Å². The molecule has 0 saturated heterocycles. The number of carbonyl (C=O) groups is 2. The standard InChI is InChI=1S/C22H25N5O3S/c1-5-27-20(18-9-7-6-8-15(18)2)24-25-21(27)31-14-19(28)23-16-10-12-17(13-11-16)26(3)22(29)30-4/h6-13H,5,14H2,1-4H3,(H,23,28). The Bertz CT molecular complexity index is 1070. The van der Waals surface area contributed by atoms with E-state index in [9.17, 15) is 9.59 Å². The first kappa shape index (κ1) is 22.4. The number of nitrogens with one attached hydrogen (secondary N) is 1. The number of aryl methyl sites for hydroxylation is 1. The zero-order valence-corrected chi connectivity index (χ0v) is 18.8. The summed E-state index contributed by atoms with van der Waals surface area (Å²) in [6, 6.07) is 15.0. The van der Waals surface area contributed by atoms with Gasteiger partial charge in [0.2, 0.25) is 5.91 Å². The Kier molecular flexibility index (Phi) is 7.30. The van der Waals surface area contributed by atoms with E-state index in [-0.39, 0.29) is 11.7 Å². The summed E-state index contributed by atoms with van der Waals surface area (Å²) in [6.07, 6.45) is -0.460. The topological polar surface area (TPSA) is 89.4 Å². The van der Waals surface area contributed by atoms with Crippen LogP contribution in [0.5, 0.6) is 0 Å². The monoisotopic (exact) mass is 439 g/mol. The van der Waals surface area contributed by atoms with Gasteiger partial charge in [0.15, 0.2) is 11.0 Å². The van der Waals surface area contributed by atoms with Crippen molar-refractivity contribution in [3.8, 4) is 11.4 Å². The molecule has 0 bridgehead atoms. The van der Waals surface area contributed by atoms with Crippen molar-refractivity contribution in [1.29, 1.82) is 0 Å². The Labute approximate surface area is 185 Å². The molecule has 0 fully saturated rings. The maximum Gasteiger partial charge on any atom is 0.413 e. The third kappa shape index (κ3) is 5.24. The number of amides is 2. The first-order valence-corrected chi connectivity index (χ1v) is 10.8. The molecule has 162 valence electrons. The van der Waals surface area contributed by atoms with Crippen molar-refractivity contribution in [3.05, 3.63) is 54.1 Å². The second kappa shape index (κ2) is 10.1. The summed E-state index contributed by atoms with van der Waals surface area (Å²) in [5.41, 5.74) is 3.47. The van der Waals surface area contributed by atoms with Crippen LogP contribution in [0.25, 0.3) is 11.4 Å². The second-order valence-corrected chi connectivity index (χ2v) is 7.72. The van der Waals surface area contributed by atoms with Crippen LogP contribution in [0.15, 0.2) is 53.7 Å². The molecule has 3 aromatic rings. The minimum atomic E-state index is -0.460. The number of hydrogen-bond donors (Lipinski definition) is 1. The Hall–Kier alpha value is -3.33. The molecule has 2 amide bonds. The number of nitrogens with zero attached hydrogens (tertiary/aromatic N) is 4. The first-order valence-electron chi connectivity index (χ1n) is 9.78. The molecular weight excluding hydrogens is 414 g/mol. The van der Waals surface area contributed by atoms with E-state index in [0.29, 0.717) is 23.1 Å². The molecular formula is C22H25N5O3S. The van der Waals surface area contributed by atoms with Gasteiger partial charge in [0.1, 0.15) is 0 Å². The van der Waals surface area contributed by atoms with Gasteiger partial charge in [0.25, 0.3) is 0 Å². The molecule has 1 heterocycles. The molecule has 0 radical (unpaired) electrons. The zero-order chi connectivity index (χ0) is 22.4. The number of anilines is 2. The van der Waals surface area contributed by atoms with E-state index in [4.69, 9.17) is 4.74 Å². The number of aromatic nitrogens is 3. The normalized spacial score (nSPS) is 10.6. The summed E-state index contributed by atoms with van der Waals surface area (Å²) in [5, 5.41) is 12.2. The van der Waals surface area contributed by atoms with Gasteiger partial charge in [-0.2, -0.15) is 0 Å². The van der Waals surface area contributed by atoms with Crippen LogP contribution in [0.4, 0.5) is 16.2 Å². The Morgan fingerprint density at radius 3 is 2.48 bits per heavy atom. The van der Waals surface area contributed by atoms with Crippen molar-refractivity contribution in [1.82, 2.24) is 14.8 Å². The van der Waals surface area contributed by atoms with Crippen LogP contribution in [-0.2, 0) is 16.1 Å². The predicted molar refractivity (Wildman–Crippen MR) is 122 cm³/mol. The van der Waals surface area contributed by atoms with Crippen LogP contribution in [0.2, 0.25) is 0 Å². The van der Waals surface area contributed by atoms with Crippen LogP contribution in [0, 0.1) is 6.92 Å². The molecule has 0 aliphatic heterocycles. The molecule has 0 spiro atoms. The van der Waals surface area contributed by atoms with Crippen molar-refractivity contribution in [3.63, 3.8) is 0 Å². The van der Waals surface area contributed by atoms with E-state index in [2.05, 4.69) is 15.5 Å². The minimum Gasteiger partial charge on any atom is -0.452 e. The van der Waals surface area contributed by atoms with Crippen molar-refractivity contribution in [2.45, 2.75) is 25.5 Å². The summed E-state index contributed by atoms with van der Waals surface area (Å²) in [6.45, 7) is 4.77. The van der Waals surface area contributed by atoms with Crippen LogP contribution >= 0.6 is 11.8 Å². The van der Waals surface area contributed by atoms with E-state index in [1.807, 2.05) is 42.7 Å². The summed E-state index contributed by atoms with van der Waals surface area (Å²) in [5.74, 6) is 0.853. The molecule has 0 atom stereocenters. The van der Waals surface area contributed by atoms with Gasteiger partial charge in [-0.1, -0.05) is 36.0 Å². The molecule has 0 aliphatic carbocycles. The molecule has 2 aromatic carbocycles. The lowest BCUT2D eigenvalue weighted by Gasteiger charge is -2.16. The van der Waals surface area contributed by atoms with Gasteiger partial charge in [-0.05, 0) is 43.7 Å². The highest BCUT2D eigenvalue weighted by molar-refractivity contribution is 7.99. The van der Waals surface area contributed by atoms with Gasteiger partial charge in [0.05, 0.1) is 12.9 Å². The smallest absolute Gasteiger partial charge is 0.413 e. The zero-order valence-electron chi connectivity index (χ0n) is 18.0. The minimum absolute atomic E-state index is 0.151. The third-order valence-electron chi connectivity index (χ3n) is 4.74. The Morgan fingerprint density at radius 1 is 1.13 bits per heavy atom. The lowest BCUT2D eigenvalue weighted by atomic mass is 10.1. The molecule has 0 saturated carbocycles. The van der Waals surface area contributed by atoms with E-state index >= 15 is 0 Å². The number of hydrogen-bond acceptors (Lipinski definition) is 6. The van der Waals surface area contributed by atoms with E-state index in [1.54, 1.807) is 31.3 Å². The van der Waals surface area contributed by atoms with Crippen molar-refractivity contribution >= 4 is 35.1 Å². The number of methoxy groups -OCH3 is 1. The first-order chi connectivity index (χ1) is 14.9. The van der Waals surface area contributed by atoms with Crippen molar-refractivity contribution in [2.24, 2.45) is 0 Å². The third-order valence-corrected chi connectivity index (χ3v) is 5.71. The van der Waals surface area contributed by atoms with Crippen LogP contribution in [0.1, 0.15) is 12.5 Å². The Balaban J connectivity index is 1.63. The van der Waals surface area contributed by atoms with E-state index in [0.717, 1.165) is 17.0 Å². The molecule has 31 heavy (non-hydrogen) atoms. The fourth-order valence-corrected chi connectivity index (χ4v) is 3.84.